The lowest BCUT2D eigenvalue weighted by Gasteiger charge is -2.17. The Hall–Kier alpha value is -2.66. The number of aryl methyl sites for hydroxylation is 1. The minimum Gasteiger partial charge on any atom is -0.390 e. The van der Waals surface area contributed by atoms with Gasteiger partial charge in [0.05, 0.1) is 12.1 Å². The third-order valence-corrected chi connectivity index (χ3v) is 3.97. The number of carbonyl (C=O) groups excluding carboxylic acids is 2. The molecule has 0 saturated heterocycles. The van der Waals surface area contributed by atoms with Gasteiger partial charge in [0.2, 0.25) is 0 Å². The third kappa shape index (κ3) is 3.24. The number of hydrogen-bond donors (Lipinski definition) is 3. The highest BCUT2D eigenvalue weighted by molar-refractivity contribution is 6.39. The molecule has 5 nitrogen and oxygen atoms in total. The molecule has 118 valence electrons. The molecule has 1 aliphatic rings. The molecule has 2 atom stereocenters. The summed E-state index contributed by atoms with van der Waals surface area (Å²) in [6.45, 7) is 1.90. The first-order valence-corrected chi connectivity index (χ1v) is 7.49. The van der Waals surface area contributed by atoms with Crippen LogP contribution in [0, 0.1) is 6.92 Å². The van der Waals surface area contributed by atoms with Gasteiger partial charge in [-0.2, -0.15) is 0 Å². The first-order valence-electron chi connectivity index (χ1n) is 7.49. The van der Waals surface area contributed by atoms with Crippen molar-refractivity contribution in [2.45, 2.75) is 25.5 Å². The standard InChI is InChI=1S/C18H18N2O3/c1-11-5-4-7-13(9-11)19-17(22)18(23)20-16-14-8-3-2-6-12(14)10-15(16)21/h2-9,15-16,21H,10H2,1H3,(H,19,22)(H,20,23). The van der Waals surface area contributed by atoms with E-state index in [0.29, 0.717) is 12.1 Å². The molecule has 0 bridgehead atoms. The van der Waals surface area contributed by atoms with Crippen LogP contribution in [0.1, 0.15) is 22.7 Å². The Labute approximate surface area is 134 Å². The normalized spacial score (nSPS) is 19.0. The number of anilines is 1. The van der Waals surface area contributed by atoms with Crippen molar-refractivity contribution in [1.82, 2.24) is 5.32 Å². The van der Waals surface area contributed by atoms with Crippen molar-refractivity contribution in [3.63, 3.8) is 0 Å². The molecule has 0 spiro atoms. The molecule has 2 aromatic rings. The fourth-order valence-corrected chi connectivity index (χ4v) is 2.87. The monoisotopic (exact) mass is 310 g/mol. The summed E-state index contributed by atoms with van der Waals surface area (Å²) >= 11 is 0. The molecule has 0 heterocycles. The van der Waals surface area contributed by atoms with E-state index in [1.165, 1.54) is 0 Å². The van der Waals surface area contributed by atoms with E-state index in [1.807, 2.05) is 37.3 Å². The van der Waals surface area contributed by atoms with Gasteiger partial charge in [-0.05, 0) is 35.7 Å². The van der Waals surface area contributed by atoms with Crippen LogP contribution in [0.25, 0.3) is 0 Å². The Bertz CT molecular complexity index is 757. The summed E-state index contributed by atoms with van der Waals surface area (Å²) in [5.41, 5.74) is 3.40. The van der Waals surface area contributed by atoms with Gasteiger partial charge in [-0.15, -0.1) is 0 Å². The number of aliphatic hydroxyl groups excluding tert-OH is 1. The van der Waals surface area contributed by atoms with E-state index in [1.54, 1.807) is 18.2 Å². The Balaban J connectivity index is 1.68. The van der Waals surface area contributed by atoms with Crippen LogP contribution in [0.3, 0.4) is 0 Å². The predicted molar refractivity (Wildman–Crippen MR) is 86.8 cm³/mol. The summed E-state index contributed by atoms with van der Waals surface area (Å²) in [5, 5.41) is 15.3. The number of nitrogens with one attached hydrogen (secondary N) is 2. The fourth-order valence-electron chi connectivity index (χ4n) is 2.87. The van der Waals surface area contributed by atoms with Crippen molar-refractivity contribution in [3.8, 4) is 0 Å². The van der Waals surface area contributed by atoms with Gasteiger partial charge in [-0.3, -0.25) is 9.59 Å². The van der Waals surface area contributed by atoms with Gasteiger partial charge in [0.25, 0.3) is 0 Å². The van der Waals surface area contributed by atoms with Crippen molar-refractivity contribution in [1.29, 1.82) is 0 Å². The highest BCUT2D eigenvalue weighted by Gasteiger charge is 2.33. The van der Waals surface area contributed by atoms with Gasteiger partial charge in [-0.25, -0.2) is 0 Å². The molecule has 0 saturated carbocycles. The fraction of sp³-hybridized carbons (Fsp3) is 0.222. The van der Waals surface area contributed by atoms with Gasteiger partial charge in [-0.1, -0.05) is 36.4 Å². The van der Waals surface area contributed by atoms with Crippen molar-refractivity contribution >= 4 is 17.5 Å². The van der Waals surface area contributed by atoms with E-state index in [4.69, 9.17) is 0 Å². The molecule has 3 N–H and O–H groups in total. The number of aliphatic hydroxyl groups is 1. The Morgan fingerprint density at radius 2 is 1.87 bits per heavy atom. The van der Waals surface area contributed by atoms with Crippen molar-refractivity contribution in [2.24, 2.45) is 0 Å². The van der Waals surface area contributed by atoms with Crippen LogP contribution in [0.15, 0.2) is 48.5 Å². The third-order valence-electron chi connectivity index (χ3n) is 3.97. The van der Waals surface area contributed by atoms with Gasteiger partial charge in [0, 0.05) is 12.1 Å². The molecule has 5 heteroatoms. The van der Waals surface area contributed by atoms with Gasteiger partial charge >= 0.3 is 11.8 Å². The second-order valence-corrected chi connectivity index (χ2v) is 5.75. The highest BCUT2D eigenvalue weighted by atomic mass is 16.3. The molecular weight excluding hydrogens is 292 g/mol. The zero-order chi connectivity index (χ0) is 16.4. The van der Waals surface area contributed by atoms with Crippen LogP contribution in [0.4, 0.5) is 5.69 Å². The van der Waals surface area contributed by atoms with Crippen molar-refractivity contribution in [3.05, 3.63) is 65.2 Å². The lowest BCUT2D eigenvalue weighted by molar-refractivity contribution is -0.137. The predicted octanol–water partition coefficient (Wildman–Crippen LogP) is 1.71. The van der Waals surface area contributed by atoms with Crippen LogP contribution >= 0.6 is 0 Å². The molecule has 1 aliphatic carbocycles. The maximum Gasteiger partial charge on any atom is 0.313 e. The quantitative estimate of drug-likeness (QED) is 0.739. The average molecular weight is 310 g/mol. The number of benzene rings is 2. The highest BCUT2D eigenvalue weighted by Crippen LogP contribution is 2.31. The minimum absolute atomic E-state index is 0.473. The number of hydrogen-bond acceptors (Lipinski definition) is 3. The summed E-state index contributed by atoms with van der Waals surface area (Å²) in [7, 11) is 0. The van der Waals surface area contributed by atoms with Crippen molar-refractivity contribution in [2.75, 3.05) is 5.32 Å². The smallest absolute Gasteiger partial charge is 0.313 e. The molecular formula is C18H18N2O3. The Kier molecular flexibility index (Phi) is 4.12. The first-order chi connectivity index (χ1) is 11.0. The van der Waals surface area contributed by atoms with Gasteiger partial charge < -0.3 is 15.7 Å². The zero-order valence-corrected chi connectivity index (χ0v) is 12.7. The number of rotatable bonds is 2. The molecule has 2 unspecified atom stereocenters. The largest absolute Gasteiger partial charge is 0.390 e. The average Bonchev–Trinajstić information content (AvgIpc) is 2.83. The number of fused-ring (bicyclic) bond motifs is 1. The molecule has 2 amide bonds. The number of carbonyl (C=O) groups is 2. The SMILES string of the molecule is Cc1cccc(NC(=O)C(=O)NC2c3ccccc3CC2O)c1. The molecule has 23 heavy (non-hydrogen) atoms. The molecule has 0 radical (unpaired) electrons. The topological polar surface area (TPSA) is 78.4 Å². The summed E-state index contributed by atoms with van der Waals surface area (Å²) in [6, 6.07) is 14.2. The maximum absolute atomic E-state index is 12.1. The lowest BCUT2D eigenvalue weighted by Crippen LogP contribution is -2.40. The number of amides is 2. The first kappa shape index (κ1) is 15.2. The van der Waals surface area contributed by atoms with Crippen LogP contribution in [0.2, 0.25) is 0 Å². The van der Waals surface area contributed by atoms with E-state index < -0.39 is 24.0 Å². The maximum atomic E-state index is 12.1. The molecule has 3 rings (SSSR count). The Morgan fingerprint density at radius 1 is 1.09 bits per heavy atom. The van der Waals surface area contributed by atoms with Crippen LogP contribution in [-0.4, -0.2) is 23.0 Å². The van der Waals surface area contributed by atoms with E-state index in [-0.39, 0.29) is 0 Å². The van der Waals surface area contributed by atoms with Crippen LogP contribution in [0.5, 0.6) is 0 Å². The van der Waals surface area contributed by atoms with E-state index in [0.717, 1.165) is 16.7 Å². The van der Waals surface area contributed by atoms with Crippen LogP contribution in [-0.2, 0) is 16.0 Å². The summed E-state index contributed by atoms with van der Waals surface area (Å²) in [6.07, 6.45) is -0.246. The lowest BCUT2D eigenvalue weighted by atomic mass is 10.1. The van der Waals surface area contributed by atoms with Crippen molar-refractivity contribution < 1.29 is 14.7 Å². The van der Waals surface area contributed by atoms with Gasteiger partial charge in [0.15, 0.2) is 0 Å². The van der Waals surface area contributed by atoms with E-state index in [9.17, 15) is 14.7 Å². The molecule has 2 aromatic carbocycles. The molecule has 0 aliphatic heterocycles. The summed E-state index contributed by atoms with van der Waals surface area (Å²) < 4.78 is 0. The van der Waals surface area contributed by atoms with Gasteiger partial charge in [0.1, 0.15) is 0 Å². The van der Waals surface area contributed by atoms with E-state index >= 15 is 0 Å². The summed E-state index contributed by atoms with van der Waals surface area (Å²) in [4.78, 5) is 24.1. The zero-order valence-electron chi connectivity index (χ0n) is 12.7. The van der Waals surface area contributed by atoms with E-state index in [2.05, 4.69) is 10.6 Å². The minimum atomic E-state index is -0.757. The summed E-state index contributed by atoms with van der Waals surface area (Å²) in [5.74, 6) is -1.50. The second-order valence-electron chi connectivity index (χ2n) is 5.75. The van der Waals surface area contributed by atoms with Crippen LogP contribution < -0.4 is 10.6 Å². The second kappa shape index (κ2) is 6.22. The molecule has 0 fully saturated rings. The Morgan fingerprint density at radius 3 is 2.65 bits per heavy atom. The molecule has 0 aromatic heterocycles.